The molecule has 2 aromatic carbocycles. The van der Waals surface area contributed by atoms with Gasteiger partial charge in [-0.05, 0) is 55.0 Å². The fraction of sp³-hybridized carbons (Fsp3) is 0.357. The molecule has 2 aromatic heterocycles. The number of benzene rings is 2. The molecular weight excluding hydrogens is 489 g/mol. The van der Waals surface area contributed by atoms with Crippen LogP contribution in [-0.4, -0.2) is 26.0 Å². The van der Waals surface area contributed by atoms with E-state index in [-0.39, 0.29) is 17.3 Å². The van der Waals surface area contributed by atoms with Crippen molar-refractivity contribution in [3.8, 4) is 6.07 Å². The van der Waals surface area contributed by atoms with E-state index in [1.807, 2.05) is 23.0 Å². The molecule has 0 spiro atoms. The van der Waals surface area contributed by atoms with Gasteiger partial charge in [0.05, 0.1) is 40.1 Å². The summed E-state index contributed by atoms with van der Waals surface area (Å²) in [5.74, 6) is -0.309. The maximum Gasteiger partial charge on any atom is 0.123 e. The minimum absolute atomic E-state index is 0.0387. The summed E-state index contributed by atoms with van der Waals surface area (Å²) >= 11 is 6.71. The van der Waals surface area contributed by atoms with Crippen molar-refractivity contribution < 1.29 is 4.39 Å². The molecular formula is C28H29ClFN7. The standard InChI is InChI=1S/C28H29ClFN7/c1-16(28(2,3)4)33-25-18(13-31)14-32-27-22(25)11-20(12-23(27)29)34-26(17-5-7-19(30)8-6-17)24-15-37(36-35-24)21-9-10-21/h5-8,11-12,14-16,21,26,34H,9-10H2,1-4H3,(H,32,33)/t16-,26?/m0/s1. The topological polar surface area (TPSA) is 91.5 Å². The summed E-state index contributed by atoms with van der Waals surface area (Å²) in [4.78, 5) is 4.47. The summed E-state index contributed by atoms with van der Waals surface area (Å²) in [6.07, 6.45) is 5.68. The number of pyridine rings is 1. The quantitative estimate of drug-likeness (QED) is 0.278. The lowest BCUT2D eigenvalue weighted by Gasteiger charge is -2.30. The van der Waals surface area contributed by atoms with Crippen LogP contribution in [0.3, 0.4) is 0 Å². The molecule has 2 N–H and O–H groups in total. The third-order valence-corrected chi connectivity index (χ3v) is 7.25. The van der Waals surface area contributed by atoms with Crippen LogP contribution >= 0.6 is 11.6 Å². The van der Waals surface area contributed by atoms with E-state index in [2.05, 4.69) is 59.7 Å². The van der Waals surface area contributed by atoms with Gasteiger partial charge in [0.1, 0.15) is 17.6 Å². The van der Waals surface area contributed by atoms with Gasteiger partial charge in [0.2, 0.25) is 0 Å². The molecule has 0 radical (unpaired) electrons. The van der Waals surface area contributed by atoms with Gasteiger partial charge in [0.15, 0.2) is 0 Å². The Morgan fingerprint density at radius 3 is 2.54 bits per heavy atom. The van der Waals surface area contributed by atoms with Crippen LogP contribution in [-0.2, 0) is 0 Å². The predicted octanol–water partition coefficient (Wildman–Crippen LogP) is 6.87. The Morgan fingerprint density at radius 2 is 1.89 bits per heavy atom. The van der Waals surface area contributed by atoms with Crippen LogP contribution in [0.1, 0.15) is 69.4 Å². The lowest BCUT2D eigenvalue weighted by molar-refractivity contribution is 0.359. The lowest BCUT2D eigenvalue weighted by atomic mass is 9.87. The average Bonchev–Trinajstić information content (AvgIpc) is 3.59. The van der Waals surface area contributed by atoms with E-state index in [1.165, 1.54) is 12.1 Å². The molecule has 1 aliphatic carbocycles. The van der Waals surface area contributed by atoms with E-state index in [9.17, 15) is 9.65 Å². The number of hydrogen-bond donors (Lipinski definition) is 2. The zero-order valence-electron chi connectivity index (χ0n) is 21.3. The molecule has 1 aliphatic rings. The van der Waals surface area contributed by atoms with E-state index >= 15 is 0 Å². The van der Waals surface area contributed by atoms with Crippen LogP contribution < -0.4 is 10.6 Å². The Morgan fingerprint density at radius 1 is 1.16 bits per heavy atom. The molecule has 2 heterocycles. The largest absolute Gasteiger partial charge is 0.380 e. The molecule has 0 aliphatic heterocycles. The summed E-state index contributed by atoms with van der Waals surface area (Å²) in [5.41, 5.74) is 3.98. The lowest BCUT2D eigenvalue weighted by Crippen LogP contribution is -2.31. The van der Waals surface area contributed by atoms with Crippen LogP contribution in [0.2, 0.25) is 5.02 Å². The summed E-state index contributed by atoms with van der Waals surface area (Å²) in [6.45, 7) is 8.51. The van der Waals surface area contributed by atoms with Crippen molar-refractivity contribution in [1.29, 1.82) is 5.26 Å². The van der Waals surface area contributed by atoms with Crippen molar-refractivity contribution in [3.05, 3.63) is 76.5 Å². The minimum atomic E-state index is -0.390. The normalized spacial score (nSPS) is 15.3. The van der Waals surface area contributed by atoms with Gasteiger partial charge in [-0.3, -0.25) is 4.98 Å². The first-order valence-electron chi connectivity index (χ1n) is 12.4. The highest BCUT2D eigenvalue weighted by atomic mass is 35.5. The number of fused-ring (bicyclic) bond motifs is 1. The Kier molecular flexibility index (Phi) is 6.50. The Hall–Kier alpha value is -3.70. The van der Waals surface area contributed by atoms with Gasteiger partial charge in [0.25, 0.3) is 0 Å². The summed E-state index contributed by atoms with van der Waals surface area (Å²) < 4.78 is 15.6. The van der Waals surface area contributed by atoms with Crippen LogP contribution in [0.15, 0.2) is 48.8 Å². The van der Waals surface area contributed by atoms with E-state index in [0.29, 0.717) is 27.8 Å². The molecule has 37 heavy (non-hydrogen) atoms. The summed E-state index contributed by atoms with van der Waals surface area (Å²) in [7, 11) is 0. The molecule has 2 atom stereocenters. The van der Waals surface area contributed by atoms with E-state index in [4.69, 9.17) is 11.6 Å². The average molecular weight is 518 g/mol. The van der Waals surface area contributed by atoms with Crippen molar-refractivity contribution in [2.24, 2.45) is 5.41 Å². The molecule has 5 rings (SSSR count). The molecule has 190 valence electrons. The summed E-state index contributed by atoms with van der Waals surface area (Å²) in [6, 6.07) is 12.4. The van der Waals surface area contributed by atoms with Crippen molar-refractivity contribution in [2.45, 2.75) is 58.7 Å². The number of halogens is 2. The smallest absolute Gasteiger partial charge is 0.123 e. The van der Waals surface area contributed by atoms with Crippen molar-refractivity contribution >= 4 is 33.9 Å². The molecule has 0 bridgehead atoms. The first-order valence-corrected chi connectivity index (χ1v) is 12.7. The van der Waals surface area contributed by atoms with Gasteiger partial charge >= 0.3 is 0 Å². The predicted molar refractivity (Wildman–Crippen MR) is 144 cm³/mol. The zero-order chi connectivity index (χ0) is 26.3. The molecule has 0 amide bonds. The Labute approximate surface area is 220 Å². The highest BCUT2D eigenvalue weighted by molar-refractivity contribution is 6.35. The second kappa shape index (κ2) is 9.64. The molecule has 1 fully saturated rings. The fourth-order valence-corrected chi connectivity index (χ4v) is 4.37. The van der Waals surface area contributed by atoms with E-state index in [1.54, 1.807) is 18.3 Å². The SMILES string of the molecule is C[C@H](Nc1c(C#N)cnc2c(Cl)cc(NC(c3ccc(F)cc3)c3cn(C4CC4)nn3)cc12)C(C)(C)C. The monoisotopic (exact) mass is 517 g/mol. The first-order chi connectivity index (χ1) is 17.6. The van der Waals surface area contributed by atoms with Gasteiger partial charge in [-0.1, -0.05) is 49.7 Å². The number of nitriles is 1. The molecule has 1 saturated carbocycles. The molecule has 9 heteroatoms. The highest BCUT2D eigenvalue weighted by Gasteiger charge is 2.27. The maximum atomic E-state index is 13.7. The second-order valence-corrected chi connectivity index (χ2v) is 11.1. The van der Waals surface area contributed by atoms with Crippen molar-refractivity contribution in [3.63, 3.8) is 0 Å². The minimum Gasteiger partial charge on any atom is -0.380 e. The van der Waals surface area contributed by atoms with Gasteiger partial charge in [-0.2, -0.15) is 5.26 Å². The number of hydrogen-bond acceptors (Lipinski definition) is 6. The zero-order valence-corrected chi connectivity index (χ0v) is 22.0. The number of anilines is 2. The molecule has 0 saturated heterocycles. The van der Waals surface area contributed by atoms with Gasteiger partial charge in [-0.25, -0.2) is 9.07 Å². The number of nitrogens with one attached hydrogen (secondary N) is 2. The van der Waals surface area contributed by atoms with E-state index < -0.39 is 6.04 Å². The number of rotatable bonds is 7. The Bertz CT molecular complexity index is 1480. The van der Waals surface area contributed by atoms with Crippen LogP contribution in [0.5, 0.6) is 0 Å². The van der Waals surface area contributed by atoms with E-state index in [0.717, 1.165) is 35.2 Å². The second-order valence-electron chi connectivity index (χ2n) is 10.7. The Balaban J connectivity index is 1.59. The molecule has 1 unspecified atom stereocenters. The summed E-state index contributed by atoms with van der Waals surface area (Å²) in [5, 5.41) is 26.8. The first kappa shape index (κ1) is 25.0. The maximum absolute atomic E-state index is 13.7. The van der Waals surface area contributed by atoms with Crippen LogP contribution in [0, 0.1) is 22.6 Å². The highest BCUT2D eigenvalue weighted by Crippen LogP contribution is 2.38. The third-order valence-electron chi connectivity index (χ3n) is 6.96. The van der Waals surface area contributed by atoms with Crippen LogP contribution in [0.4, 0.5) is 15.8 Å². The van der Waals surface area contributed by atoms with Gasteiger partial charge in [0, 0.05) is 23.3 Å². The number of aromatic nitrogens is 4. The molecule has 7 nitrogen and oxygen atoms in total. The van der Waals surface area contributed by atoms with Gasteiger partial charge < -0.3 is 10.6 Å². The van der Waals surface area contributed by atoms with Crippen molar-refractivity contribution in [1.82, 2.24) is 20.0 Å². The third kappa shape index (κ3) is 5.23. The van der Waals surface area contributed by atoms with Gasteiger partial charge in [-0.15, -0.1) is 5.10 Å². The fourth-order valence-electron chi connectivity index (χ4n) is 4.11. The number of nitrogens with zero attached hydrogens (tertiary/aromatic N) is 5. The van der Waals surface area contributed by atoms with Crippen LogP contribution in [0.25, 0.3) is 10.9 Å². The van der Waals surface area contributed by atoms with Crippen molar-refractivity contribution in [2.75, 3.05) is 10.6 Å². The molecule has 4 aromatic rings.